The number of rotatable bonds is 5. The van der Waals surface area contributed by atoms with Crippen molar-refractivity contribution in [2.75, 3.05) is 13.2 Å². The van der Waals surface area contributed by atoms with Crippen molar-refractivity contribution >= 4 is 5.91 Å². The number of nitrogens with one attached hydrogen (secondary N) is 1. The largest absolute Gasteiger partial charge is 0.394 e. The van der Waals surface area contributed by atoms with Crippen LogP contribution in [0.1, 0.15) is 18.0 Å². The summed E-state index contributed by atoms with van der Waals surface area (Å²) in [7, 11) is 0. The van der Waals surface area contributed by atoms with Crippen LogP contribution in [0.2, 0.25) is 0 Å². The van der Waals surface area contributed by atoms with Gasteiger partial charge in [0.1, 0.15) is 0 Å². The Balaban J connectivity index is 2.61. The van der Waals surface area contributed by atoms with Crippen molar-refractivity contribution in [3.8, 4) is 0 Å². The highest BCUT2D eigenvalue weighted by molar-refractivity contribution is 5.76. The lowest BCUT2D eigenvalue weighted by molar-refractivity contribution is -0.121. The quantitative estimate of drug-likeness (QED) is 0.646. The topological polar surface area (TPSA) is 75.4 Å². The first-order chi connectivity index (χ1) is 7.27. The molecule has 0 aliphatic rings. The van der Waals surface area contributed by atoms with Gasteiger partial charge in [-0.15, -0.1) is 0 Å². The molecule has 15 heavy (non-hydrogen) atoms. The highest BCUT2D eigenvalue weighted by Crippen LogP contribution is 2.11. The van der Waals surface area contributed by atoms with Crippen molar-refractivity contribution in [1.29, 1.82) is 0 Å². The van der Waals surface area contributed by atoms with Gasteiger partial charge in [-0.25, -0.2) is 0 Å². The third-order valence-electron chi connectivity index (χ3n) is 2.09. The molecule has 0 aromatic heterocycles. The van der Waals surface area contributed by atoms with E-state index in [9.17, 15) is 4.79 Å². The average molecular weight is 208 g/mol. The molecule has 0 fully saturated rings. The number of amides is 1. The summed E-state index contributed by atoms with van der Waals surface area (Å²) in [5.74, 6) is -0.139. The maximum Gasteiger partial charge on any atom is 0.221 e. The maximum atomic E-state index is 11.3. The van der Waals surface area contributed by atoms with Crippen LogP contribution in [-0.2, 0) is 4.79 Å². The molecular weight excluding hydrogens is 192 g/mol. The van der Waals surface area contributed by atoms with Gasteiger partial charge in [0.15, 0.2) is 0 Å². The number of aliphatic hydroxyl groups excluding tert-OH is 1. The second-order valence-corrected chi connectivity index (χ2v) is 3.25. The molecule has 4 N–H and O–H groups in total. The van der Waals surface area contributed by atoms with Crippen LogP contribution in [0.25, 0.3) is 0 Å². The van der Waals surface area contributed by atoms with E-state index >= 15 is 0 Å². The summed E-state index contributed by atoms with van der Waals surface area (Å²) in [5.41, 5.74) is 6.16. The molecule has 0 radical (unpaired) electrons. The minimum atomic E-state index is -0.342. The molecule has 0 bridgehead atoms. The number of carbonyl (C=O) groups is 1. The highest BCUT2D eigenvalue weighted by atomic mass is 16.3. The second-order valence-electron chi connectivity index (χ2n) is 3.25. The summed E-state index contributed by atoms with van der Waals surface area (Å²) in [5, 5.41) is 11.9. The first-order valence-electron chi connectivity index (χ1n) is 4.93. The molecule has 0 aliphatic heterocycles. The van der Waals surface area contributed by atoms with Crippen LogP contribution in [0.15, 0.2) is 30.3 Å². The number of hydrogen-bond acceptors (Lipinski definition) is 3. The number of benzene rings is 1. The molecule has 1 rings (SSSR count). The minimum Gasteiger partial charge on any atom is -0.394 e. The summed E-state index contributed by atoms with van der Waals surface area (Å²) in [6.07, 6.45) is 0.281. The summed E-state index contributed by atoms with van der Waals surface area (Å²) in [6, 6.07) is 9.01. The molecule has 0 saturated heterocycles. The molecule has 0 heterocycles. The van der Waals surface area contributed by atoms with Gasteiger partial charge in [-0.2, -0.15) is 0 Å². The SMILES string of the molecule is NCCC(=O)NC(CO)c1ccccc1. The van der Waals surface area contributed by atoms with Gasteiger partial charge in [0.2, 0.25) is 5.91 Å². The van der Waals surface area contributed by atoms with Crippen molar-refractivity contribution in [1.82, 2.24) is 5.32 Å². The van der Waals surface area contributed by atoms with Crippen LogP contribution >= 0.6 is 0 Å². The molecule has 82 valence electrons. The van der Waals surface area contributed by atoms with Crippen molar-refractivity contribution in [2.24, 2.45) is 5.73 Å². The van der Waals surface area contributed by atoms with Crippen LogP contribution in [0.3, 0.4) is 0 Å². The fourth-order valence-corrected chi connectivity index (χ4v) is 1.32. The molecule has 0 saturated carbocycles. The highest BCUT2D eigenvalue weighted by Gasteiger charge is 2.12. The predicted molar refractivity (Wildman–Crippen MR) is 58.1 cm³/mol. The van der Waals surface area contributed by atoms with Crippen LogP contribution < -0.4 is 11.1 Å². The van der Waals surface area contributed by atoms with Gasteiger partial charge in [-0.1, -0.05) is 30.3 Å². The van der Waals surface area contributed by atoms with Crippen LogP contribution in [0, 0.1) is 0 Å². The third kappa shape index (κ3) is 3.69. The summed E-state index contributed by atoms with van der Waals surface area (Å²) in [6.45, 7) is 0.207. The zero-order valence-electron chi connectivity index (χ0n) is 8.52. The van der Waals surface area contributed by atoms with E-state index in [1.54, 1.807) is 0 Å². The Bertz CT molecular complexity index is 301. The van der Waals surface area contributed by atoms with Gasteiger partial charge in [0.25, 0.3) is 0 Å². The predicted octanol–water partition coefficient (Wildman–Crippen LogP) is 0.185. The third-order valence-corrected chi connectivity index (χ3v) is 2.09. The number of carbonyl (C=O) groups excluding carboxylic acids is 1. The summed E-state index contributed by atoms with van der Waals surface area (Å²) in [4.78, 5) is 11.3. The van der Waals surface area contributed by atoms with E-state index in [0.29, 0.717) is 6.54 Å². The molecule has 0 spiro atoms. The van der Waals surface area contributed by atoms with E-state index in [-0.39, 0.29) is 25.0 Å². The molecule has 4 nitrogen and oxygen atoms in total. The van der Waals surface area contributed by atoms with E-state index in [1.807, 2.05) is 30.3 Å². The fourth-order valence-electron chi connectivity index (χ4n) is 1.32. The second kappa shape index (κ2) is 6.16. The minimum absolute atomic E-state index is 0.111. The molecule has 1 atom stereocenters. The van der Waals surface area contributed by atoms with E-state index in [0.717, 1.165) is 5.56 Å². The lowest BCUT2D eigenvalue weighted by Crippen LogP contribution is -2.31. The average Bonchev–Trinajstić information content (AvgIpc) is 2.27. The van der Waals surface area contributed by atoms with Crippen molar-refractivity contribution in [2.45, 2.75) is 12.5 Å². The molecule has 1 unspecified atom stereocenters. The van der Waals surface area contributed by atoms with Gasteiger partial charge in [-0.3, -0.25) is 4.79 Å². The van der Waals surface area contributed by atoms with E-state index in [4.69, 9.17) is 10.8 Å². The molecular formula is C11H16N2O2. The van der Waals surface area contributed by atoms with E-state index < -0.39 is 0 Å². The Hall–Kier alpha value is -1.39. The van der Waals surface area contributed by atoms with Gasteiger partial charge < -0.3 is 16.2 Å². The Morgan fingerprint density at radius 3 is 2.60 bits per heavy atom. The molecule has 4 heteroatoms. The number of nitrogens with two attached hydrogens (primary N) is 1. The summed E-state index contributed by atoms with van der Waals surface area (Å²) < 4.78 is 0. The van der Waals surface area contributed by atoms with Crippen LogP contribution in [0.4, 0.5) is 0 Å². The number of hydrogen-bond donors (Lipinski definition) is 3. The monoisotopic (exact) mass is 208 g/mol. The van der Waals surface area contributed by atoms with Crippen molar-refractivity contribution in [3.05, 3.63) is 35.9 Å². The first-order valence-corrected chi connectivity index (χ1v) is 4.93. The van der Waals surface area contributed by atoms with Crippen LogP contribution in [-0.4, -0.2) is 24.2 Å². The summed E-state index contributed by atoms with van der Waals surface area (Å²) >= 11 is 0. The molecule has 0 aliphatic carbocycles. The van der Waals surface area contributed by atoms with Crippen LogP contribution in [0.5, 0.6) is 0 Å². The van der Waals surface area contributed by atoms with E-state index in [2.05, 4.69) is 5.32 Å². The lowest BCUT2D eigenvalue weighted by Gasteiger charge is -2.16. The van der Waals surface area contributed by atoms with Crippen molar-refractivity contribution in [3.63, 3.8) is 0 Å². The van der Waals surface area contributed by atoms with E-state index in [1.165, 1.54) is 0 Å². The normalized spacial score (nSPS) is 12.1. The Kier molecular flexibility index (Phi) is 4.80. The zero-order valence-corrected chi connectivity index (χ0v) is 8.52. The zero-order chi connectivity index (χ0) is 11.1. The molecule has 1 aromatic carbocycles. The lowest BCUT2D eigenvalue weighted by atomic mass is 10.1. The van der Waals surface area contributed by atoms with Gasteiger partial charge in [0.05, 0.1) is 12.6 Å². The Morgan fingerprint density at radius 1 is 1.40 bits per heavy atom. The van der Waals surface area contributed by atoms with Crippen molar-refractivity contribution < 1.29 is 9.90 Å². The standard InChI is InChI=1S/C11H16N2O2/c12-7-6-11(15)13-10(8-14)9-4-2-1-3-5-9/h1-5,10,14H,6-8,12H2,(H,13,15). The van der Waals surface area contributed by atoms with Gasteiger partial charge >= 0.3 is 0 Å². The number of aliphatic hydroxyl groups is 1. The van der Waals surface area contributed by atoms with Gasteiger partial charge in [0, 0.05) is 13.0 Å². The van der Waals surface area contributed by atoms with Gasteiger partial charge in [-0.05, 0) is 5.56 Å². The fraction of sp³-hybridized carbons (Fsp3) is 0.364. The molecule has 1 amide bonds. The molecule has 1 aromatic rings. The Labute approximate surface area is 89.1 Å². The Morgan fingerprint density at radius 2 is 2.07 bits per heavy atom. The first kappa shape index (κ1) is 11.7. The smallest absolute Gasteiger partial charge is 0.221 e. The maximum absolute atomic E-state index is 11.3.